The highest BCUT2D eigenvalue weighted by Gasteiger charge is 2.15. The number of hydrogen-bond donors (Lipinski definition) is 1. The number of halogens is 3. The largest absolute Gasteiger partial charge is 0.383 e. The van der Waals surface area contributed by atoms with Crippen LogP contribution >= 0.6 is 0 Å². The van der Waals surface area contributed by atoms with Crippen molar-refractivity contribution in [1.29, 1.82) is 0 Å². The summed E-state index contributed by atoms with van der Waals surface area (Å²) in [5.74, 6) is -3.44. The predicted octanol–water partition coefficient (Wildman–Crippen LogP) is 2.76. The van der Waals surface area contributed by atoms with Crippen LogP contribution in [0.1, 0.15) is 11.4 Å². The summed E-state index contributed by atoms with van der Waals surface area (Å²) in [6, 6.07) is 1.76. The molecular formula is C12H10F3N3. The second-order valence-corrected chi connectivity index (χ2v) is 3.88. The molecule has 94 valence electrons. The Labute approximate surface area is 101 Å². The normalized spacial score (nSPS) is 10.7. The summed E-state index contributed by atoms with van der Waals surface area (Å²) in [5, 5.41) is 0. The van der Waals surface area contributed by atoms with E-state index >= 15 is 0 Å². The van der Waals surface area contributed by atoms with E-state index < -0.39 is 17.5 Å². The molecule has 2 aromatic rings. The van der Waals surface area contributed by atoms with Crippen LogP contribution in [0.25, 0.3) is 11.3 Å². The average molecular weight is 253 g/mol. The van der Waals surface area contributed by atoms with Gasteiger partial charge in [-0.15, -0.1) is 0 Å². The molecule has 2 rings (SSSR count). The van der Waals surface area contributed by atoms with Crippen LogP contribution in [0.4, 0.5) is 19.0 Å². The quantitative estimate of drug-likeness (QED) is 0.795. The van der Waals surface area contributed by atoms with Crippen molar-refractivity contribution >= 4 is 5.82 Å². The van der Waals surface area contributed by atoms with Crippen molar-refractivity contribution in [1.82, 2.24) is 9.97 Å². The number of nitrogen functional groups attached to an aromatic ring is 1. The van der Waals surface area contributed by atoms with Crippen molar-refractivity contribution in [2.24, 2.45) is 0 Å². The summed E-state index contributed by atoms with van der Waals surface area (Å²) in [7, 11) is 0. The molecule has 0 atom stereocenters. The third-order valence-corrected chi connectivity index (χ3v) is 2.55. The monoisotopic (exact) mass is 253 g/mol. The van der Waals surface area contributed by atoms with E-state index in [0.29, 0.717) is 11.4 Å². The molecule has 0 radical (unpaired) electrons. The smallest absolute Gasteiger partial charge is 0.194 e. The Kier molecular flexibility index (Phi) is 2.94. The molecule has 1 aromatic heterocycles. The van der Waals surface area contributed by atoms with Crippen LogP contribution in [0, 0.1) is 31.3 Å². The summed E-state index contributed by atoms with van der Waals surface area (Å²) < 4.78 is 39.2. The Morgan fingerprint density at radius 3 is 2.11 bits per heavy atom. The molecule has 2 N–H and O–H groups in total. The lowest BCUT2D eigenvalue weighted by Gasteiger charge is -2.09. The third kappa shape index (κ3) is 2.01. The van der Waals surface area contributed by atoms with Gasteiger partial charge in [-0.3, -0.25) is 0 Å². The molecule has 3 nitrogen and oxygen atoms in total. The van der Waals surface area contributed by atoms with Gasteiger partial charge in [0.25, 0.3) is 0 Å². The maximum absolute atomic E-state index is 13.2. The van der Waals surface area contributed by atoms with Gasteiger partial charge in [0.05, 0.1) is 5.69 Å². The number of aryl methyl sites for hydroxylation is 1. The fraction of sp³-hybridized carbons (Fsp3) is 0.167. The number of benzene rings is 1. The molecule has 18 heavy (non-hydrogen) atoms. The molecule has 0 unspecified atom stereocenters. The first-order valence-corrected chi connectivity index (χ1v) is 5.15. The topological polar surface area (TPSA) is 51.8 Å². The van der Waals surface area contributed by atoms with Crippen LogP contribution in [0.3, 0.4) is 0 Å². The molecule has 0 saturated carbocycles. The highest BCUT2D eigenvalue weighted by Crippen LogP contribution is 2.26. The Balaban J connectivity index is 2.69. The van der Waals surface area contributed by atoms with Crippen molar-refractivity contribution in [2.75, 3.05) is 5.73 Å². The minimum atomic E-state index is -1.50. The van der Waals surface area contributed by atoms with E-state index in [1.54, 1.807) is 13.8 Å². The third-order valence-electron chi connectivity index (χ3n) is 2.55. The zero-order valence-electron chi connectivity index (χ0n) is 9.76. The first-order chi connectivity index (χ1) is 8.40. The van der Waals surface area contributed by atoms with Gasteiger partial charge in [-0.1, -0.05) is 0 Å². The summed E-state index contributed by atoms with van der Waals surface area (Å²) in [5.41, 5.74) is 6.56. The van der Waals surface area contributed by atoms with Gasteiger partial charge in [0, 0.05) is 11.1 Å². The lowest BCUT2D eigenvalue weighted by Crippen LogP contribution is -2.03. The van der Waals surface area contributed by atoms with Crippen molar-refractivity contribution in [3.05, 3.63) is 41.0 Å². The first kappa shape index (κ1) is 12.3. The molecule has 0 saturated heterocycles. The van der Waals surface area contributed by atoms with Gasteiger partial charge in [0.2, 0.25) is 0 Å². The standard InChI is InChI=1S/C12H10F3N3/c1-5-11(17-6(2)18-12(5)16)7-3-8(13)10(15)9(14)4-7/h3-4H,1-2H3,(H2,16,17,18). The lowest BCUT2D eigenvalue weighted by atomic mass is 10.1. The molecular weight excluding hydrogens is 243 g/mol. The molecule has 0 fully saturated rings. The van der Waals surface area contributed by atoms with E-state index in [4.69, 9.17) is 5.73 Å². The minimum absolute atomic E-state index is 0.126. The van der Waals surface area contributed by atoms with Crippen LogP contribution in [0.2, 0.25) is 0 Å². The number of rotatable bonds is 1. The van der Waals surface area contributed by atoms with Crippen molar-refractivity contribution in [2.45, 2.75) is 13.8 Å². The fourth-order valence-corrected chi connectivity index (χ4v) is 1.62. The Morgan fingerprint density at radius 1 is 1.00 bits per heavy atom. The Hall–Kier alpha value is -2.11. The molecule has 1 aromatic carbocycles. The Morgan fingerprint density at radius 2 is 1.56 bits per heavy atom. The molecule has 1 heterocycles. The van der Waals surface area contributed by atoms with Gasteiger partial charge < -0.3 is 5.73 Å². The number of hydrogen-bond acceptors (Lipinski definition) is 3. The maximum atomic E-state index is 13.2. The summed E-state index contributed by atoms with van der Waals surface area (Å²) >= 11 is 0. The molecule has 0 aliphatic carbocycles. The molecule has 0 amide bonds. The molecule has 0 aliphatic heterocycles. The highest BCUT2D eigenvalue weighted by molar-refractivity contribution is 5.67. The second kappa shape index (κ2) is 4.29. The zero-order valence-corrected chi connectivity index (χ0v) is 9.76. The molecule has 0 aliphatic rings. The fourth-order valence-electron chi connectivity index (χ4n) is 1.62. The van der Waals surface area contributed by atoms with E-state index in [1.807, 2.05) is 0 Å². The summed E-state index contributed by atoms with van der Waals surface area (Å²) in [6.07, 6.45) is 0. The van der Waals surface area contributed by atoms with E-state index in [1.165, 1.54) is 0 Å². The van der Waals surface area contributed by atoms with Crippen molar-refractivity contribution in [3.63, 3.8) is 0 Å². The maximum Gasteiger partial charge on any atom is 0.194 e. The van der Waals surface area contributed by atoms with Gasteiger partial charge in [0.15, 0.2) is 17.5 Å². The molecule has 0 bridgehead atoms. The average Bonchev–Trinajstić information content (AvgIpc) is 2.30. The van der Waals surface area contributed by atoms with Crippen LogP contribution in [0.15, 0.2) is 12.1 Å². The minimum Gasteiger partial charge on any atom is -0.383 e. The molecule has 0 spiro atoms. The van der Waals surface area contributed by atoms with E-state index in [-0.39, 0.29) is 17.1 Å². The number of anilines is 1. The van der Waals surface area contributed by atoms with E-state index in [0.717, 1.165) is 12.1 Å². The van der Waals surface area contributed by atoms with Crippen LogP contribution in [0.5, 0.6) is 0 Å². The summed E-state index contributed by atoms with van der Waals surface area (Å²) in [6.45, 7) is 3.23. The van der Waals surface area contributed by atoms with Crippen molar-refractivity contribution in [3.8, 4) is 11.3 Å². The van der Waals surface area contributed by atoms with Gasteiger partial charge in [-0.2, -0.15) is 0 Å². The van der Waals surface area contributed by atoms with Gasteiger partial charge in [0.1, 0.15) is 11.6 Å². The van der Waals surface area contributed by atoms with Gasteiger partial charge >= 0.3 is 0 Å². The predicted molar refractivity (Wildman–Crippen MR) is 61.2 cm³/mol. The van der Waals surface area contributed by atoms with Crippen LogP contribution < -0.4 is 5.73 Å². The zero-order chi connectivity index (χ0) is 13.4. The number of nitrogens with zero attached hydrogens (tertiary/aromatic N) is 2. The van der Waals surface area contributed by atoms with Crippen LogP contribution in [-0.2, 0) is 0 Å². The summed E-state index contributed by atoms with van der Waals surface area (Å²) in [4.78, 5) is 8.00. The first-order valence-electron chi connectivity index (χ1n) is 5.15. The molecule has 6 heteroatoms. The highest BCUT2D eigenvalue weighted by atomic mass is 19.2. The SMILES string of the molecule is Cc1nc(N)c(C)c(-c2cc(F)c(F)c(F)c2)n1. The Bertz CT molecular complexity index is 603. The van der Waals surface area contributed by atoms with Crippen molar-refractivity contribution < 1.29 is 13.2 Å². The van der Waals surface area contributed by atoms with Gasteiger partial charge in [-0.25, -0.2) is 23.1 Å². The van der Waals surface area contributed by atoms with E-state index in [2.05, 4.69) is 9.97 Å². The number of aromatic nitrogens is 2. The lowest BCUT2D eigenvalue weighted by molar-refractivity contribution is 0.447. The second-order valence-electron chi connectivity index (χ2n) is 3.88. The van der Waals surface area contributed by atoms with Crippen LogP contribution in [-0.4, -0.2) is 9.97 Å². The number of nitrogens with two attached hydrogens (primary N) is 1. The van der Waals surface area contributed by atoms with E-state index in [9.17, 15) is 13.2 Å². The van der Waals surface area contributed by atoms with Gasteiger partial charge in [-0.05, 0) is 26.0 Å².